The first-order valence-electron chi connectivity index (χ1n) is 36.1. The number of aliphatic hydroxyl groups excluding tert-OH is 1. The predicted octanol–water partition coefficient (Wildman–Crippen LogP) is 25.3. The first-order valence-corrected chi connectivity index (χ1v) is 36.1. The van der Waals surface area contributed by atoms with Gasteiger partial charge < -0.3 is 14.6 Å². The van der Waals surface area contributed by atoms with E-state index in [0.717, 1.165) is 83.5 Å². The lowest BCUT2D eigenvalue weighted by atomic mass is 10.0. The number of hydrogen-bond acceptors (Lipinski definition) is 5. The summed E-state index contributed by atoms with van der Waals surface area (Å²) in [6, 6.07) is 0. The molecule has 0 aliphatic rings. The Morgan fingerprint density at radius 3 is 0.821 bits per heavy atom. The van der Waals surface area contributed by atoms with Crippen molar-refractivity contribution >= 4 is 11.9 Å². The second-order valence-corrected chi connectivity index (χ2v) is 23.9. The third kappa shape index (κ3) is 70.8. The lowest BCUT2D eigenvalue weighted by Gasteiger charge is -2.15. The number of allylic oxidation sites excluding steroid dienone is 20. The average Bonchev–Trinajstić information content (AvgIpc) is 3.51. The maximum Gasteiger partial charge on any atom is 0.306 e. The zero-order valence-corrected chi connectivity index (χ0v) is 55.4. The van der Waals surface area contributed by atoms with Crippen LogP contribution in [-0.4, -0.2) is 36.4 Å². The summed E-state index contributed by atoms with van der Waals surface area (Å²) in [6.45, 7) is 4.01. The number of esters is 2. The molecule has 0 aromatic heterocycles. The minimum Gasteiger partial charge on any atom is -0.462 e. The molecule has 0 bridgehead atoms. The van der Waals surface area contributed by atoms with Gasteiger partial charge in [0.25, 0.3) is 0 Å². The van der Waals surface area contributed by atoms with Gasteiger partial charge in [0.1, 0.15) is 6.61 Å². The molecular formula is C79H136O5. The molecular weight excluding hydrogens is 1030 g/mol. The van der Waals surface area contributed by atoms with Gasteiger partial charge in [-0.25, -0.2) is 0 Å². The van der Waals surface area contributed by atoms with Gasteiger partial charge in [-0.1, -0.05) is 354 Å². The second kappa shape index (κ2) is 73.6. The van der Waals surface area contributed by atoms with E-state index in [2.05, 4.69) is 135 Å². The largest absolute Gasteiger partial charge is 0.462 e. The monoisotopic (exact) mass is 1170 g/mol. The summed E-state index contributed by atoms with van der Waals surface area (Å²) in [6.07, 6.45) is 108. The van der Waals surface area contributed by atoms with Gasteiger partial charge >= 0.3 is 11.9 Å². The van der Waals surface area contributed by atoms with Crippen molar-refractivity contribution in [3.8, 4) is 0 Å². The summed E-state index contributed by atoms with van der Waals surface area (Å²) in [4.78, 5) is 24.6. The maximum absolute atomic E-state index is 12.3. The van der Waals surface area contributed by atoms with Gasteiger partial charge in [-0.05, 0) is 103 Å². The molecule has 0 amide bonds. The van der Waals surface area contributed by atoms with Crippen molar-refractivity contribution in [3.05, 3.63) is 122 Å². The molecule has 0 spiro atoms. The average molecular weight is 1170 g/mol. The van der Waals surface area contributed by atoms with Crippen molar-refractivity contribution in [2.75, 3.05) is 13.2 Å². The molecule has 5 nitrogen and oxygen atoms in total. The smallest absolute Gasteiger partial charge is 0.306 e. The number of carbonyl (C=O) groups excluding carboxylic acids is 2. The summed E-state index contributed by atoms with van der Waals surface area (Å²) in [5.41, 5.74) is 0. The van der Waals surface area contributed by atoms with E-state index in [9.17, 15) is 14.7 Å². The number of rotatable bonds is 66. The van der Waals surface area contributed by atoms with Crippen LogP contribution in [0.4, 0.5) is 0 Å². The maximum atomic E-state index is 12.3. The second-order valence-electron chi connectivity index (χ2n) is 23.9. The highest BCUT2D eigenvalue weighted by molar-refractivity contribution is 5.70. The van der Waals surface area contributed by atoms with E-state index in [4.69, 9.17) is 9.47 Å². The molecule has 0 aromatic rings. The fourth-order valence-electron chi connectivity index (χ4n) is 10.4. The summed E-state index contributed by atoms with van der Waals surface area (Å²) in [5, 5.41) is 9.69. The third-order valence-corrected chi connectivity index (χ3v) is 15.7. The highest BCUT2D eigenvalue weighted by Crippen LogP contribution is 2.18. The molecule has 0 aliphatic heterocycles. The van der Waals surface area contributed by atoms with Crippen LogP contribution in [0.2, 0.25) is 0 Å². The number of ether oxygens (including phenoxy) is 2. The van der Waals surface area contributed by atoms with E-state index in [-0.39, 0.29) is 31.6 Å². The zero-order valence-electron chi connectivity index (χ0n) is 55.4. The van der Waals surface area contributed by atoms with Crippen LogP contribution < -0.4 is 0 Å². The van der Waals surface area contributed by atoms with Crippen LogP contribution in [0.25, 0.3) is 0 Å². The van der Waals surface area contributed by atoms with E-state index < -0.39 is 6.10 Å². The summed E-state index contributed by atoms with van der Waals surface area (Å²) in [5.74, 6) is -0.655. The van der Waals surface area contributed by atoms with Crippen LogP contribution >= 0.6 is 0 Å². The molecule has 0 rings (SSSR count). The normalized spacial score (nSPS) is 12.9. The number of aliphatic hydroxyl groups is 1. The summed E-state index contributed by atoms with van der Waals surface area (Å²) in [7, 11) is 0. The SMILES string of the molecule is CC/C=C\C/C=C\C/C=C\C/C=C\C/C=C\C/C=C\C/C=C\C/C=C\C/C=C\CCCC(=O)OC(CO)COC(=O)CCCCCCCCCCCCCCCCCCCCCCCCCCCCCCC/C=C\CCCCCCCCCC. The van der Waals surface area contributed by atoms with Crippen molar-refractivity contribution in [3.63, 3.8) is 0 Å². The van der Waals surface area contributed by atoms with Gasteiger partial charge in [-0.15, -0.1) is 0 Å². The molecule has 0 saturated carbocycles. The number of hydrogen-bond donors (Lipinski definition) is 1. The topological polar surface area (TPSA) is 72.8 Å². The van der Waals surface area contributed by atoms with Crippen LogP contribution in [-0.2, 0) is 19.1 Å². The molecule has 0 aliphatic carbocycles. The van der Waals surface area contributed by atoms with Crippen molar-refractivity contribution in [2.24, 2.45) is 0 Å². The summed E-state index contributed by atoms with van der Waals surface area (Å²) < 4.78 is 10.7. The third-order valence-electron chi connectivity index (χ3n) is 15.7. The molecule has 0 saturated heterocycles. The lowest BCUT2D eigenvalue weighted by molar-refractivity contribution is -0.161. The molecule has 84 heavy (non-hydrogen) atoms. The van der Waals surface area contributed by atoms with Gasteiger partial charge in [-0.2, -0.15) is 0 Å². The Balaban J connectivity index is 3.49. The van der Waals surface area contributed by atoms with E-state index in [0.29, 0.717) is 12.8 Å². The Morgan fingerprint density at radius 1 is 0.286 bits per heavy atom. The molecule has 0 radical (unpaired) electrons. The molecule has 5 heteroatoms. The standard InChI is InChI=1S/C79H136O5/c1-3-5-7-9-11-13-15-17-19-21-23-25-27-29-31-33-34-35-36-37-38-39-40-41-42-43-44-46-47-49-51-53-55-57-59-61-63-65-67-69-71-73-78(81)83-76-77(75-80)84-79(82)74-72-70-68-66-64-62-60-58-56-54-52-50-48-45-32-30-28-26-24-22-20-18-16-14-12-10-8-6-4-2/h6,8,12,14,18,20-21,23-24,26,30,32,48,50,54,56,60,62,66,68,77,80H,3-5,7,9-11,13,15-17,19,22,25,27-29,31,33-47,49,51-53,55,57-59,61,63-65,67,69-76H2,1-2H3/b8-6-,14-12-,20-18-,23-21-,26-24-,32-30-,50-48-,56-54-,62-60-,68-66-. The minimum absolute atomic E-state index is 0.0933. The lowest BCUT2D eigenvalue weighted by Crippen LogP contribution is -2.28. The first kappa shape index (κ1) is 80.3. The molecule has 0 aromatic carbocycles. The zero-order chi connectivity index (χ0) is 60.5. The Morgan fingerprint density at radius 2 is 0.524 bits per heavy atom. The Hall–Kier alpha value is -3.70. The number of carbonyl (C=O) groups is 2. The van der Waals surface area contributed by atoms with Crippen molar-refractivity contribution in [1.29, 1.82) is 0 Å². The highest BCUT2D eigenvalue weighted by atomic mass is 16.6. The summed E-state index contributed by atoms with van der Waals surface area (Å²) >= 11 is 0. The van der Waals surface area contributed by atoms with Crippen LogP contribution in [0.3, 0.4) is 0 Å². The molecule has 0 heterocycles. The first-order chi connectivity index (χ1) is 41.6. The van der Waals surface area contributed by atoms with E-state index in [1.54, 1.807) is 0 Å². The number of unbranched alkanes of at least 4 members (excludes halogenated alkanes) is 38. The van der Waals surface area contributed by atoms with Crippen molar-refractivity contribution < 1.29 is 24.2 Å². The fraction of sp³-hybridized carbons (Fsp3) is 0.722. The van der Waals surface area contributed by atoms with Crippen molar-refractivity contribution in [2.45, 2.75) is 354 Å². The van der Waals surface area contributed by atoms with E-state index >= 15 is 0 Å². The van der Waals surface area contributed by atoms with Crippen LogP contribution in [0.15, 0.2) is 122 Å². The Labute approximate surface area is 522 Å². The van der Waals surface area contributed by atoms with E-state index in [1.165, 1.54) is 231 Å². The van der Waals surface area contributed by atoms with Gasteiger partial charge in [0.2, 0.25) is 0 Å². The fourth-order valence-corrected chi connectivity index (χ4v) is 10.4. The van der Waals surface area contributed by atoms with Crippen LogP contribution in [0.5, 0.6) is 0 Å². The molecule has 482 valence electrons. The van der Waals surface area contributed by atoms with Crippen LogP contribution in [0, 0.1) is 0 Å². The van der Waals surface area contributed by atoms with Gasteiger partial charge in [0.15, 0.2) is 6.10 Å². The van der Waals surface area contributed by atoms with Gasteiger partial charge in [-0.3, -0.25) is 9.59 Å². The Kier molecular flexibility index (Phi) is 70.3. The molecule has 0 fully saturated rings. The molecule has 1 atom stereocenters. The molecule has 1 unspecified atom stereocenters. The van der Waals surface area contributed by atoms with E-state index in [1.807, 2.05) is 0 Å². The highest BCUT2D eigenvalue weighted by Gasteiger charge is 2.16. The minimum atomic E-state index is -0.812. The van der Waals surface area contributed by atoms with Gasteiger partial charge in [0.05, 0.1) is 6.61 Å². The van der Waals surface area contributed by atoms with Crippen molar-refractivity contribution in [1.82, 2.24) is 0 Å². The molecule has 1 N–H and O–H groups in total. The Bertz CT molecular complexity index is 1650. The van der Waals surface area contributed by atoms with Crippen LogP contribution in [0.1, 0.15) is 348 Å². The predicted molar refractivity (Wildman–Crippen MR) is 371 cm³/mol. The quantitative estimate of drug-likeness (QED) is 0.0373. The van der Waals surface area contributed by atoms with Gasteiger partial charge in [0, 0.05) is 12.8 Å².